The van der Waals surface area contributed by atoms with E-state index in [0.29, 0.717) is 0 Å². The third-order valence-corrected chi connectivity index (χ3v) is 4.93. The molecule has 1 nitrogen and oxygen atoms in total. The average molecular weight is 187 g/mol. The molecule has 0 atom stereocenters. The zero-order valence-electron chi connectivity index (χ0n) is 6.67. The van der Waals surface area contributed by atoms with Gasteiger partial charge in [0.15, 0.2) is 0 Å². The normalized spacial score (nSPS) is 11.5. The number of hydrogen-bond acceptors (Lipinski definition) is 1. The maximum absolute atomic E-state index is 5.39. The van der Waals surface area contributed by atoms with Crippen LogP contribution >= 0.6 is 11.9 Å². The Morgan fingerprint density at radius 1 is 1.18 bits per heavy atom. The first-order valence-corrected chi connectivity index (χ1v) is 6.74. The van der Waals surface area contributed by atoms with Gasteiger partial charge in [-0.05, 0) is 18.3 Å². The van der Waals surface area contributed by atoms with Gasteiger partial charge in [0.1, 0.15) is 0 Å². The van der Waals surface area contributed by atoms with Gasteiger partial charge in [-0.2, -0.15) is 0 Å². The maximum atomic E-state index is 5.39. The van der Waals surface area contributed by atoms with Crippen LogP contribution in [0.2, 0.25) is 13.1 Å². The SMILES string of the molecule is C[Si](C)(OCl)c1ccccc1. The van der Waals surface area contributed by atoms with Gasteiger partial charge in [0.2, 0.25) is 8.32 Å². The molecule has 0 saturated carbocycles. The Balaban J connectivity index is 2.93. The van der Waals surface area contributed by atoms with E-state index in [1.165, 1.54) is 5.19 Å². The molecule has 1 aromatic carbocycles. The van der Waals surface area contributed by atoms with Crippen LogP contribution < -0.4 is 5.19 Å². The summed E-state index contributed by atoms with van der Waals surface area (Å²) in [4.78, 5) is 0. The summed E-state index contributed by atoms with van der Waals surface area (Å²) in [5, 5.41) is 1.22. The second-order valence-electron chi connectivity index (χ2n) is 2.95. The summed E-state index contributed by atoms with van der Waals surface area (Å²) < 4.78 is 4.93. The standard InChI is InChI=1S/C8H11ClOSi/c1-11(2,10-9)8-6-4-3-5-7-8/h3-7H,1-2H3. The van der Waals surface area contributed by atoms with Crippen molar-refractivity contribution in [3.63, 3.8) is 0 Å². The Kier molecular flexibility index (Phi) is 2.71. The van der Waals surface area contributed by atoms with Gasteiger partial charge >= 0.3 is 0 Å². The van der Waals surface area contributed by atoms with Gasteiger partial charge in [-0.15, -0.1) is 0 Å². The molecule has 0 saturated heterocycles. The molecule has 0 unspecified atom stereocenters. The van der Waals surface area contributed by atoms with Crippen molar-refractivity contribution in [3.05, 3.63) is 30.3 Å². The fourth-order valence-electron chi connectivity index (χ4n) is 0.884. The first-order chi connectivity index (χ1) is 5.17. The molecule has 0 heterocycles. The van der Waals surface area contributed by atoms with Crippen LogP contribution in [0, 0.1) is 0 Å². The topological polar surface area (TPSA) is 9.23 Å². The van der Waals surface area contributed by atoms with Crippen LogP contribution in [-0.4, -0.2) is 8.32 Å². The summed E-state index contributed by atoms with van der Waals surface area (Å²) in [5.41, 5.74) is 0. The van der Waals surface area contributed by atoms with E-state index in [0.717, 1.165) is 0 Å². The molecule has 0 aromatic heterocycles. The number of benzene rings is 1. The van der Waals surface area contributed by atoms with Crippen molar-refractivity contribution in [2.45, 2.75) is 13.1 Å². The zero-order chi connectivity index (χ0) is 8.32. The molecule has 0 spiro atoms. The smallest absolute Gasteiger partial charge is 0.244 e. The predicted octanol–water partition coefficient (Wildman–Crippen LogP) is 2.27. The maximum Gasteiger partial charge on any atom is 0.244 e. The molecule has 0 bridgehead atoms. The third-order valence-electron chi connectivity index (χ3n) is 1.66. The fourth-order valence-corrected chi connectivity index (χ4v) is 2.24. The summed E-state index contributed by atoms with van der Waals surface area (Å²) in [7, 11) is -1.79. The molecule has 0 radical (unpaired) electrons. The van der Waals surface area contributed by atoms with E-state index in [-0.39, 0.29) is 0 Å². The summed E-state index contributed by atoms with van der Waals surface area (Å²) in [6, 6.07) is 10.1. The quantitative estimate of drug-likeness (QED) is 0.644. The number of hydrogen-bond donors (Lipinski definition) is 0. The van der Waals surface area contributed by atoms with E-state index in [2.05, 4.69) is 25.2 Å². The van der Waals surface area contributed by atoms with Crippen molar-refractivity contribution in [2.24, 2.45) is 0 Å². The lowest BCUT2D eigenvalue weighted by molar-refractivity contribution is 0.631. The highest BCUT2D eigenvalue weighted by Gasteiger charge is 2.24. The van der Waals surface area contributed by atoms with E-state index in [1.807, 2.05) is 18.2 Å². The van der Waals surface area contributed by atoms with Crippen molar-refractivity contribution in [2.75, 3.05) is 0 Å². The van der Waals surface area contributed by atoms with E-state index in [4.69, 9.17) is 15.8 Å². The van der Waals surface area contributed by atoms with Crippen molar-refractivity contribution in [1.82, 2.24) is 0 Å². The Hall–Kier alpha value is -0.313. The van der Waals surface area contributed by atoms with Gasteiger partial charge < -0.3 is 3.98 Å². The summed E-state index contributed by atoms with van der Waals surface area (Å²) in [6.07, 6.45) is 0. The third kappa shape index (κ3) is 2.06. The van der Waals surface area contributed by atoms with E-state index in [1.54, 1.807) is 0 Å². The summed E-state index contributed by atoms with van der Waals surface area (Å²) >= 11 is 5.39. The second-order valence-corrected chi connectivity index (χ2v) is 7.17. The molecular formula is C8H11ClOSi. The molecule has 0 aliphatic rings. The average Bonchev–Trinajstić information content (AvgIpc) is 2.06. The molecule has 0 N–H and O–H groups in total. The van der Waals surface area contributed by atoms with Crippen molar-refractivity contribution < 1.29 is 3.98 Å². The lowest BCUT2D eigenvalue weighted by Crippen LogP contribution is -2.41. The lowest BCUT2D eigenvalue weighted by atomic mass is 10.4. The monoisotopic (exact) mass is 186 g/mol. The first kappa shape index (κ1) is 8.78. The fraction of sp³-hybridized carbons (Fsp3) is 0.250. The second kappa shape index (κ2) is 3.39. The molecule has 0 aliphatic heterocycles. The molecule has 1 rings (SSSR count). The summed E-state index contributed by atoms with van der Waals surface area (Å²) in [5.74, 6) is 0. The number of rotatable bonds is 2. The minimum atomic E-state index is -1.79. The molecule has 1 aromatic rings. The van der Waals surface area contributed by atoms with Gasteiger partial charge in [-0.3, -0.25) is 0 Å². The van der Waals surface area contributed by atoms with Gasteiger partial charge in [0.25, 0.3) is 0 Å². The van der Waals surface area contributed by atoms with Crippen LogP contribution in [0.15, 0.2) is 30.3 Å². The van der Waals surface area contributed by atoms with Crippen LogP contribution in [0.25, 0.3) is 0 Å². The largest absolute Gasteiger partial charge is 0.319 e. The highest BCUT2D eigenvalue weighted by molar-refractivity contribution is 6.86. The highest BCUT2D eigenvalue weighted by Crippen LogP contribution is 2.06. The number of halogens is 1. The van der Waals surface area contributed by atoms with Gasteiger partial charge in [-0.25, -0.2) is 0 Å². The van der Waals surface area contributed by atoms with Crippen LogP contribution in [0.3, 0.4) is 0 Å². The zero-order valence-corrected chi connectivity index (χ0v) is 8.43. The van der Waals surface area contributed by atoms with Gasteiger partial charge in [0, 0.05) is 11.9 Å². The Morgan fingerprint density at radius 2 is 1.73 bits per heavy atom. The van der Waals surface area contributed by atoms with Crippen LogP contribution in [0.5, 0.6) is 0 Å². The van der Waals surface area contributed by atoms with E-state index >= 15 is 0 Å². The molecule has 60 valence electrons. The van der Waals surface area contributed by atoms with Crippen LogP contribution in [0.4, 0.5) is 0 Å². The summed E-state index contributed by atoms with van der Waals surface area (Å²) in [6.45, 7) is 4.13. The lowest BCUT2D eigenvalue weighted by Gasteiger charge is -2.16. The minimum Gasteiger partial charge on any atom is -0.319 e. The molecular weight excluding hydrogens is 176 g/mol. The molecule has 0 fully saturated rings. The highest BCUT2D eigenvalue weighted by atomic mass is 35.5. The van der Waals surface area contributed by atoms with E-state index in [9.17, 15) is 0 Å². The van der Waals surface area contributed by atoms with Crippen molar-refractivity contribution >= 4 is 25.4 Å². The Labute approximate surface area is 73.3 Å². The molecule has 0 amide bonds. The Morgan fingerprint density at radius 3 is 2.18 bits per heavy atom. The molecule has 3 heteroatoms. The van der Waals surface area contributed by atoms with Gasteiger partial charge in [-0.1, -0.05) is 30.3 Å². The molecule has 11 heavy (non-hydrogen) atoms. The minimum absolute atomic E-state index is 1.22. The van der Waals surface area contributed by atoms with Gasteiger partial charge in [0.05, 0.1) is 0 Å². The van der Waals surface area contributed by atoms with Crippen LogP contribution in [0.1, 0.15) is 0 Å². The van der Waals surface area contributed by atoms with Crippen molar-refractivity contribution in [3.8, 4) is 0 Å². The first-order valence-electron chi connectivity index (χ1n) is 3.52. The Bertz CT molecular complexity index is 223. The predicted molar refractivity (Wildman–Crippen MR) is 50.5 cm³/mol. The molecule has 0 aliphatic carbocycles. The van der Waals surface area contributed by atoms with Crippen molar-refractivity contribution in [1.29, 1.82) is 0 Å². The van der Waals surface area contributed by atoms with E-state index < -0.39 is 8.32 Å². The van der Waals surface area contributed by atoms with Crippen LogP contribution in [-0.2, 0) is 3.98 Å².